The van der Waals surface area contributed by atoms with Gasteiger partial charge in [-0.1, -0.05) is 0 Å². The minimum Gasteiger partial charge on any atom is -0.453 e. The number of alkyl halides is 3. The predicted octanol–water partition coefficient (Wildman–Crippen LogP) is 1.73. The molecule has 0 spiro atoms. The fourth-order valence-corrected chi connectivity index (χ4v) is 1.76. The quantitative estimate of drug-likeness (QED) is 0.784. The molecular weight excluding hydrogens is 359 g/mol. The number of ether oxygens (including phenoxy) is 2. The molecule has 144 valence electrons. The molecule has 8 nitrogen and oxygen atoms in total. The van der Waals surface area contributed by atoms with Gasteiger partial charge in [-0.05, 0) is 38.2 Å². The van der Waals surface area contributed by atoms with Crippen LogP contribution in [0, 0.1) is 0 Å². The molecule has 0 aliphatic carbocycles. The van der Waals surface area contributed by atoms with Crippen molar-refractivity contribution in [3.05, 3.63) is 24.3 Å². The Balaban J connectivity index is 2.55. The lowest BCUT2D eigenvalue weighted by molar-refractivity contribution is -0.274. The summed E-state index contributed by atoms with van der Waals surface area (Å²) in [5.74, 6) is -1.57. The summed E-state index contributed by atoms with van der Waals surface area (Å²) < 4.78 is 44.3. The van der Waals surface area contributed by atoms with Gasteiger partial charge in [0.25, 0.3) is 0 Å². The van der Waals surface area contributed by atoms with Gasteiger partial charge >= 0.3 is 12.5 Å². The molecule has 0 saturated heterocycles. The Kier molecular flexibility index (Phi) is 7.38. The Morgan fingerprint density at radius 2 is 1.77 bits per heavy atom. The second-order valence-corrected chi connectivity index (χ2v) is 5.19. The minimum absolute atomic E-state index is 0.198. The molecule has 0 bridgehead atoms. The smallest absolute Gasteiger partial charge is 0.453 e. The van der Waals surface area contributed by atoms with E-state index in [2.05, 4.69) is 14.8 Å². The number of likely N-dealkylation sites (N-methyl/N-ethyl adjacent to an activating group) is 1. The lowest BCUT2D eigenvalue weighted by Crippen LogP contribution is -2.47. The van der Waals surface area contributed by atoms with E-state index in [1.807, 2.05) is 5.32 Å². The number of benzene rings is 1. The molecule has 26 heavy (non-hydrogen) atoms. The SMILES string of the molecule is COC(=O)NC(=O)[C@H](C)N(C)CC(=O)Nc1ccc(OC(F)(F)F)cc1. The lowest BCUT2D eigenvalue weighted by Gasteiger charge is -2.22. The summed E-state index contributed by atoms with van der Waals surface area (Å²) in [7, 11) is 2.59. The molecule has 0 heterocycles. The molecule has 0 radical (unpaired) electrons. The third-order valence-corrected chi connectivity index (χ3v) is 3.22. The van der Waals surface area contributed by atoms with Crippen LogP contribution in [0.15, 0.2) is 24.3 Å². The van der Waals surface area contributed by atoms with Crippen LogP contribution in [0.25, 0.3) is 0 Å². The highest BCUT2D eigenvalue weighted by Crippen LogP contribution is 2.23. The summed E-state index contributed by atoms with van der Waals surface area (Å²) in [6.07, 6.45) is -5.71. The van der Waals surface area contributed by atoms with Crippen molar-refractivity contribution < 1.29 is 37.0 Å². The van der Waals surface area contributed by atoms with Gasteiger partial charge in [-0.2, -0.15) is 0 Å². The second-order valence-electron chi connectivity index (χ2n) is 5.19. The number of rotatable bonds is 6. The molecule has 1 aromatic rings. The van der Waals surface area contributed by atoms with Gasteiger partial charge in [0.15, 0.2) is 0 Å². The van der Waals surface area contributed by atoms with Gasteiger partial charge in [0.05, 0.1) is 19.7 Å². The van der Waals surface area contributed by atoms with E-state index in [9.17, 15) is 27.6 Å². The number of nitrogens with one attached hydrogen (secondary N) is 2. The zero-order chi connectivity index (χ0) is 19.9. The molecule has 0 unspecified atom stereocenters. The number of nitrogens with zero attached hydrogens (tertiary/aromatic N) is 1. The maximum atomic E-state index is 12.1. The fourth-order valence-electron chi connectivity index (χ4n) is 1.76. The molecular formula is C15H18F3N3O5. The van der Waals surface area contributed by atoms with E-state index < -0.39 is 36.1 Å². The number of halogens is 3. The average Bonchev–Trinajstić information content (AvgIpc) is 2.54. The number of hydrogen-bond acceptors (Lipinski definition) is 6. The van der Waals surface area contributed by atoms with Crippen LogP contribution in [-0.4, -0.2) is 55.9 Å². The number of methoxy groups -OCH3 is 1. The molecule has 0 fully saturated rings. The van der Waals surface area contributed by atoms with Crippen LogP contribution >= 0.6 is 0 Å². The summed E-state index contributed by atoms with van der Waals surface area (Å²) >= 11 is 0. The topological polar surface area (TPSA) is 97.0 Å². The minimum atomic E-state index is -4.80. The van der Waals surface area contributed by atoms with E-state index in [0.717, 1.165) is 19.2 Å². The average molecular weight is 377 g/mol. The summed E-state index contributed by atoms with van der Waals surface area (Å²) in [6, 6.07) is 3.79. The highest BCUT2D eigenvalue weighted by atomic mass is 19.4. The molecule has 2 N–H and O–H groups in total. The summed E-state index contributed by atoms with van der Waals surface area (Å²) in [4.78, 5) is 36.1. The van der Waals surface area contributed by atoms with Crippen LogP contribution in [-0.2, 0) is 14.3 Å². The normalized spacial score (nSPS) is 12.3. The van der Waals surface area contributed by atoms with Crippen LogP contribution in [0.2, 0.25) is 0 Å². The van der Waals surface area contributed by atoms with Crippen LogP contribution in [0.1, 0.15) is 6.92 Å². The van der Waals surface area contributed by atoms with Crippen molar-refractivity contribution in [2.75, 3.05) is 26.0 Å². The zero-order valence-corrected chi connectivity index (χ0v) is 14.2. The second kappa shape index (κ2) is 9.04. The standard InChI is InChI=1S/C15H18F3N3O5/c1-9(13(23)20-14(24)25-3)21(2)8-12(22)19-10-4-6-11(7-5-10)26-15(16,17)18/h4-7,9H,8H2,1-3H3,(H,19,22)(H,20,23,24)/t9-/m0/s1. The number of alkyl carbamates (subject to hydrolysis) is 1. The molecule has 0 aliphatic heterocycles. The first kappa shape index (κ1) is 21.2. The van der Waals surface area contributed by atoms with Crippen molar-refractivity contribution in [3.8, 4) is 5.75 Å². The van der Waals surface area contributed by atoms with Crippen molar-refractivity contribution in [2.24, 2.45) is 0 Å². The predicted molar refractivity (Wildman–Crippen MR) is 84.4 cm³/mol. The number of amides is 3. The van der Waals surface area contributed by atoms with Crippen molar-refractivity contribution in [2.45, 2.75) is 19.3 Å². The Morgan fingerprint density at radius 3 is 2.27 bits per heavy atom. The molecule has 1 rings (SSSR count). The van der Waals surface area contributed by atoms with Gasteiger partial charge in [0.2, 0.25) is 11.8 Å². The van der Waals surface area contributed by atoms with E-state index in [-0.39, 0.29) is 12.2 Å². The Hall–Kier alpha value is -2.82. The number of hydrogen-bond donors (Lipinski definition) is 2. The van der Waals surface area contributed by atoms with E-state index in [0.29, 0.717) is 0 Å². The van der Waals surface area contributed by atoms with Crippen LogP contribution < -0.4 is 15.4 Å². The van der Waals surface area contributed by atoms with Gasteiger partial charge < -0.3 is 14.8 Å². The maximum absolute atomic E-state index is 12.1. The van der Waals surface area contributed by atoms with Crippen molar-refractivity contribution >= 4 is 23.6 Å². The summed E-state index contributed by atoms with van der Waals surface area (Å²) in [6.45, 7) is 1.28. The van der Waals surface area contributed by atoms with E-state index in [1.165, 1.54) is 31.0 Å². The molecule has 1 aromatic carbocycles. The molecule has 3 amide bonds. The number of anilines is 1. The lowest BCUT2D eigenvalue weighted by atomic mass is 10.2. The third kappa shape index (κ3) is 7.38. The van der Waals surface area contributed by atoms with Crippen molar-refractivity contribution in [1.29, 1.82) is 0 Å². The number of carbonyl (C=O) groups excluding carboxylic acids is 3. The highest BCUT2D eigenvalue weighted by Gasteiger charge is 2.31. The number of carbonyl (C=O) groups is 3. The monoisotopic (exact) mass is 377 g/mol. The van der Waals surface area contributed by atoms with Crippen LogP contribution in [0.5, 0.6) is 5.75 Å². The van der Waals surface area contributed by atoms with Crippen LogP contribution in [0.4, 0.5) is 23.7 Å². The number of imide groups is 1. The first-order valence-electron chi connectivity index (χ1n) is 7.26. The molecule has 0 saturated carbocycles. The first-order chi connectivity index (χ1) is 12.0. The summed E-state index contributed by atoms with van der Waals surface area (Å²) in [5, 5.41) is 4.45. The van der Waals surface area contributed by atoms with Crippen molar-refractivity contribution in [3.63, 3.8) is 0 Å². The van der Waals surface area contributed by atoms with E-state index in [1.54, 1.807) is 0 Å². The van der Waals surface area contributed by atoms with Gasteiger partial charge in [0.1, 0.15) is 5.75 Å². The summed E-state index contributed by atoms with van der Waals surface area (Å²) in [5.41, 5.74) is 0.254. The molecule has 11 heteroatoms. The van der Waals surface area contributed by atoms with Gasteiger partial charge in [-0.25, -0.2) is 4.79 Å². The Labute approximate surface area is 147 Å². The largest absolute Gasteiger partial charge is 0.573 e. The van der Waals surface area contributed by atoms with E-state index in [4.69, 9.17) is 0 Å². The van der Waals surface area contributed by atoms with Crippen LogP contribution in [0.3, 0.4) is 0 Å². The zero-order valence-electron chi connectivity index (χ0n) is 14.2. The molecule has 0 aromatic heterocycles. The first-order valence-corrected chi connectivity index (χ1v) is 7.26. The van der Waals surface area contributed by atoms with Gasteiger partial charge in [0, 0.05) is 5.69 Å². The van der Waals surface area contributed by atoms with E-state index >= 15 is 0 Å². The van der Waals surface area contributed by atoms with Gasteiger partial charge in [-0.15, -0.1) is 13.2 Å². The molecule has 0 aliphatic rings. The third-order valence-electron chi connectivity index (χ3n) is 3.22. The van der Waals surface area contributed by atoms with Crippen molar-refractivity contribution in [1.82, 2.24) is 10.2 Å². The Morgan fingerprint density at radius 1 is 1.19 bits per heavy atom. The highest BCUT2D eigenvalue weighted by molar-refractivity contribution is 5.96. The Bertz CT molecular complexity index is 649. The fraction of sp³-hybridized carbons (Fsp3) is 0.400. The van der Waals surface area contributed by atoms with Gasteiger partial charge in [-0.3, -0.25) is 19.8 Å². The molecule has 1 atom stereocenters. The maximum Gasteiger partial charge on any atom is 0.573 e.